The van der Waals surface area contributed by atoms with Crippen molar-refractivity contribution in [3.05, 3.63) is 65.9 Å². The van der Waals surface area contributed by atoms with Crippen LogP contribution in [0.15, 0.2) is 54.7 Å². The first-order chi connectivity index (χ1) is 14.2. The number of carbonyl (C=O) groups excluding carboxylic acids is 2. The molecule has 6 heteroatoms. The van der Waals surface area contributed by atoms with E-state index in [1.165, 1.54) is 10.9 Å². The Morgan fingerprint density at radius 2 is 1.66 bits per heavy atom. The molecule has 6 nitrogen and oxygen atoms in total. The average Bonchev–Trinajstić information content (AvgIpc) is 3.20. The van der Waals surface area contributed by atoms with Crippen LogP contribution < -0.4 is 4.74 Å². The van der Waals surface area contributed by atoms with Crippen molar-refractivity contribution in [2.75, 3.05) is 33.3 Å². The number of rotatable bonds is 5. The Balaban J connectivity index is 1.32. The second kappa shape index (κ2) is 8.39. The Bertz CT molecular complexity index is 1020. The van der Waals surface area contributed by atoms with Crippen LogP contribution in [0, 0.1) is 0 Å². The number of aryl methyl sites for hydroxylation is 1. The summed E-state index contributed by atoms with van der Waals surface area (Å²) in [7, 11) is 1.57. The van der Waals surface area contributed by atoms with E-state index < -0.39 is 0 Å². The van der Waals surface area contributed by atoms with Crippen LogP contribution in [-0.4, -0.2) is 59.9 Å². The summed E-state index contributed by atoms with van der Waals surface area (Å²) in [5, 5.41) is 1.17. The van der Waals surface area contributed by atoms with Gasteiger partial charge in [0.1, 0.15) is 5.75 Å². The molecule has 150 valence electrons. The van der Waals surface area contributed by atoms with E-state index in [2.05, 4.69) is 11.1 Å². The molecule has 0 saturated carbocycles. The summed E-state index contributed by atoms with van der Waals surface area (Å²) in [5.41, 5.74) is 2.83. The highest BCUT2D eigenvalue weighted by atomic mass is 16.5. The van der Waals surface area contributed by atoms with Crippen LogP contribution in [0.25, 0.3) is 10.9 Å². The number of ether oxygens (including phenoxy) is 1. The van der Waals surface area contributed by atoms with Gasteiger partial charge in [0.15, 0.2) is 0 Å². The SMILES string of the molecule is COc1ccccc1C(=O)N1CCN(C(=O)CCc2c[nH]c3ccccc23)CC1. The van der Waals surface area contributed by atoms with Crippen LogP contribution >= 0.6 is 0 Å². The van der Waals surface area contributed by atoms with Crippen LogP contribution in [0.1, 0.15) is 22.3 Å². The van der Waals surface area contributed by atoms with Crippen LogP contribution in [0.3, 0.4) is 0 Å². The lowest BCUT2D eigenvalue weighted by Crippen LogP contribution is -2.50. The molecule has 1 aromatic heterocycles. The van der Waals surface area contributed by atoms with E-state index in [1.807, 2.05) is 41.4 Å². The summed E-state index contributed by atoms with van der Waals surface area (Å²) in [6, 6.07) is 15.4. The fourth-order valence-corrected chi connectivity index (χ4v) is 3.89. The number of benzene rings is 2. The number of para-hydroxylation sites is 2. The molecule has 0 atom stereocenters. The first-order valence-electron chi connectivity index (χ1n) is 9.92. The van der Waals surface area contributed by atoms with Gasteiger partial charge in [-0.2, -0.15) is 0 Å². The molecule has 0 radical (unpaired) electrons. The van der Waals surface area contributed by atoms with Crippen LogP contribution in [0.4, 0.5) is 0 Å². The van der Waals surface area contributed by atoms with Gasteiger partial charge in [-0.1, -0.05) is 30.3 Å². The third kappa shape index (κ3) is 3.97. The van der Waals surface area contributed by atoms with E-state index in [9.17, 15) is 9.59 Å². The predicted octanol–water partition coefficient (Wildman–Crippen LogP) is 3.09. The molecular weight excluding hydrogens is 366 g/mol. The van der Waals surface area contributed by atoms with Crippen molar-refractivity contribution in [3.63, 3.8) is 0 Å². The van der Waals surface area contributed by atoms with Gasteiger partial charge >= 0.3 is 0 Å². The fraction of sp³-hybridized carbons (Fsp3) is 0.304. The Morgan fingerprint density at radius 1 is 0.966 bits per heavy atom. The zero-order chi connectivity index (χ0) is 20.2. The number of carbonyl (C=O) groups is 2. The van der Waals surface area contributed by atoms with E-state index >= 15 is 0 Å². The molecule has 4 rings (SSSR count). The molecule has 2 aromatic carbocycles. The number of piperazine rings is 1. The first-order valence-corrected chi connectivity index (χ1v) is 9.92. The minimum atomic E-state index is -0.0478. The Morgan fingerprint density at radius 3 is 2.45 bits per heavy atom. The van der Waals surface area contributed by atoms with Crippen LogP contribution in [0.5, 0.6) is 5.75 Å². The van der Waals surface area contributed by atoms with E-state index in [-0.39, 0.29) is 11.8 Å². The lowest BCUT2D eigenvalue weighted by molar-refractivity contribution is -0.132. The minimum Gasteiger partial charge on any atom is -0.496 e. The monoisotopic (exact) mass is 391 g/mol. The van der Waals surface area contributed by atoms with Crippen LogP contribution in [-0.2, 0) is 11.2 Å². The quantitative estimate of drug-likeness (QED) is 0.727. The summed E-state index contributed by atoms with van der Waals surface area (Å²) in [6.07, 6.45) is 3.17. The van der Waals surface area contributed by atoms with Gasteiger partial charge in [0.25, 0.3) is 5.91 Å². The number of nitrogens with zero attached hydrogens (tertiary/aromatic N) is 2. The molecule has 2 heterocycles. The molecule has 1 aliphatic heterocycles. The van der Waals surface area contributed by atoms with Crippen molar-refractivity contribution >= 4 is 22.7 Å². The summed E-state index contributed by atoms with van der Waals surface area (Å²) in [6.45, 7) is 2.20. The smallest absolute Gasteiger partial charge is 0.257 e. The Hall–Kier alpha value is -3.28. The maximum Gasteiger partial charge on any atom is 0.257 e. The van der Waals surface area contributed by atoms with Gasteiger partial charge in [0, 0.05) is 49.7 Å². The molecule has 0 unspecified atom stereocenters. The lowest BCUT2D eigenvalue weighted by Gasteiger charge is -2.35. The molecule has 1 aliphatic rings. The van der Waals surface area contributed by atoms with Gasteiger partial charge < -0.3 is 19.5 Å². The van der Waals surface area contributed by atoms with Crippen LogP contribution in [0.2, 0.25) is 0 Å². The van der Waals surface area contributed by atoms with Crippen molar-refractivity contribution in [2.24, 2.45) is 0 Å². The number of H-pyrrole nitrogens is 1. The maximum absolute atomic E-state index is 12.8. The summed E-state index contributed by atoms with van der Waals surface area (Å²) in [4.78, 5) is 32.4. The van der Waals surface area contributed by atoms with E-state index in [4.69, 9.17) is 4.74 Å². The predicted molar refractivity (Wildman–Crippen MR) is 112 cm³/mol. The molecule has 0 spiro atoms. The topological polar surface area (TPSA) is 65.6 Å². The molecular formula is C23H25N3O3. The minimum absolute atomic E-state index is 0.0478. The highest BCUT2D eigenvalue weighted by Crippen LogP contribution is 2.21. The Labute approximate surface area is 170 Å². The average molecular weight is 391 g/mol. The summed E-state index contributed by atoms with van der Waals surface area (Å²) < 4.78 is 5.30. The summed E-state index contributed by atoms with van der Waals surface area (Å²) in [5.74, 6) is 0.669. The van der Waals surface area contributed by atoms with E-state index in [0.717, 1.165) is 5.52 Å². The second-order valence-electron chi connectivity index (χ2n) is 7.23. The number of aromatic nitrogens is 1. The number of amides is 2. The standard InChI is InChI=1S/C23H25N3O3/c1-29-21-9-5-3-7-19(21)23(28)26-14-12-25(13-15-26)22(27)11-10-17-16-24-20-8-4-2-6-18(17)20/h2-9,16,24H,10-15H2,1H3. The number of aromatic amines is 1. The van der Waals surface area contributed by atoms with Gasteiger partial charge in [-0.15, -0.1) is 0 Å². The number of hydrogen-bond donors (Lipinski definition) is 1. The highest BCUT2D eigenvalue weighted by molar-refractivity contribution is 5.97. The highest BCUT2D eigenvalue weighted by Gasteiger charge is 2.26. The molecule has 0 aliphatic carbocycles. The lowest BCUT2D eigenvalue weighted by atomic mass is 10.1. The van der Waals surface area contributed by atoms with Crippen molar-refractivity contribution in [3.8, 4) is 5.75 Å². The Kier molecular flexibility index (Phi) is 5.51. The normalized spacial score (nSPS) is 14.2. The van der Waals surface area contributed by atoms with Crippen molar-refractivity contribution < 1.29 is 14.3 Å². The first kappa shape index (κ1) is 19.1. The molecule has 29 heavy (non-hydrogen) atoms. The number of fused-ring (bicyclic) bond motifs is 1. The molecule has 3 aromatic rings. The molecule has 1 fully saturated rings. The van der Waals surface area contributed by atoms with E-state index in [0.29, 0.717) is 50.3 Å². The van der Waals surface area contributed by atoms with Gasteiger partial charge in [-0.05, 0) is 30.2 Å². The largest absolute Gasteiger partial charge is 0.496 e. The third-order valence-electron chi connectivity index (χ3n) is 5.54. The van der Waals surface area contributed by atoms with Crippen molar-refractivity contribution in [1.82, 2.24) is 14.8 Å². The third-order valence-corrected chi connectivity index (χ3v) is 5.54. The molecule has 2 amide bonds. The number of methoxy groups -OCH3 is 1. The zero-order valence-corrected chi connectivity index (χ0v) is 16.6. The summed E-state index contributed by atoms with van der Waals surface area (Å²) >= 11 is 0. The number of hydrogen-bond acceptors (Lipinski definition) is 3. The fourth-order valence-electron chi connectivity index (χ4n) is 3.89. The van der Waals surface area contributed by atoms with Crippen molar-refractivity contribution in [1.29, 1.82) is 0 Å². The van der Waals surface area contributed by atoms with E-state index in [1.54, 1.807) is 24.1 Å². The molecule has 1 N–H and O–H groups in total. The number of nitrogens with one attached hydrogen (secondary N) is 1. The maximum atomic E-state index is 12.8. The van der Waals surface area contributed by atoms with Gasteiger partial charge in [0.05, 0.1) is 12.7 Å². The zero-order valence-electron chi connectivity index (χ0n) is 16.6. The van der Waals surface area contributed by atoms with Crippen molar-refractivity contribution in [2.45, 2.75) is 12.8 Å². The van der Waals surface area contributed by atoms with Gasteiger partial charge in [-0.25, -0.2) is 0 Å². The molecule has 0 bridgehead atoms. The van der Waals surface area contributed by atoms with Gasteiger partial charge in [0.2, 0.25) is 5.91 Å². The molecule has 1 saturated heterocycles. The second-order valence-corrected chi connectivity index (χ2v) is 7.23. The van der Waals surface area contributed by atoms with Gasteiger partial charge in [-0.3, -0.25) is 9.59 Å².